The number of fused-ring (bicyclic) bond motifs is 1. The van der Waals surface area contributed by atoms with Crippen molar-refractivity contribution in [3.05, 3.63) is 34.3 Å². The van der Waals surface area contributed by atoms with Crippen molar-refractivity contribution in [1.82, 2.24) is 0 Å². The van der Waals surface area contributed by atoms with Crippen LogP contribution >= 0.6 is 11.6 Å². The lowest BCUT2D eigenvalue weighted by molar-refractivity contribution is 0.394. The van der Waals surface area contributed by atoms with E-state index in [4.69, 9.17) is 17.3 Å². The summed E-state index contributed by atoms with van der Waals surface area (Å²) >= 11 is 6.05. The summed E-state index contributed by atoms with van der Waals surface area (Å²) in [6.07, 6.45) is 2.39. The molecule has 0 saturated carbocycles. The molecule has 1 unspecified atom stereocenters. The van der Waals surface area contributed by atoms with E-state index in [2.05, 4.69) is 26.0 Å². The van der Waals surface area contributed by atoms with Crippen LogP contribution in [0, 0.1) is 0 Å². The van der Waals surface area contributed by atoms with Crippen molar-refractivity contribution in [3.63, 3.8) is 0 Å². The van der Waals surface area contributed by atoms with Gasteiger partial charge in [0.25, 0.3) is 0 Å². The van der Waals surface area contributed by atoms with E-state index in [1.807, 2.05) is 6.07 Å². The van der Waals surface area contributed by atoms with Crippen LogP contribution in [0.2, 0.25) is 5.02 Å². The number of benzene rings is 1. The van der Waals surface area contributed by atoms with Gasteiger partial charge in [-0.1, -0.05) is 31.5 Å². The molecule has 0 amide bonds. The lowest BCUT2D eigenvalue weighted by atomic mass is 9.69. The Labute approximate surface area is 96.6 Å². The van der Waals surface area contributed by atoms with Crippen molar-refractivity contribution in [2.75, 3.05) is 6.54 Å². The summed E-state index contributed by atoms with van der Waals surface area (Å²) < 4.78 is 0. The fraction of sp³-hybridized carbons (Fsp3) is 0.538. The summed E-state index contributed by atoms with van der Waals surface area (Å²) in [6.45, 7) is 5.32. The van der Waals surface area contributed by atoms with Crippen molar-refractivity contribution in [1.29, 1.82) is 0 Å². The smallest absolute Gasteiger partial charge is 0.0409 e. The topological polar surface area (TPSA) is 26.0 Å². The minimum absolute atomic E-state index is 0.269. The number of rotatable bonds is 1. The van der Waals surface area contributed by atoms with Crippen LogP contribution in [0.5, 0.6) is 0 Å². The average molecular weight is 224 g/mol. The van der Waals surface area contributed by atoms with E-state index in [0.29, 0.717) is 5.92 Å². The maximum Gasteiger partial charge on any atom is 0.0409 e. The second-order valence-corrected chi connectivity index (χ2v) is 5.52. The van der Waals surface area contributed by atoms with Crippen molar-refractivity contribution in [3.8, 4) is 0 Å². The molecule has 0 heterocycles. The Kier molecular flexibility index (Phi) is 2.78. The molecule has 1 aromatic carbocycles. The van der Waals surface area contributed by atoms with Crippen molar-refractivity contribution >= 4 is 11.6 Å². The highest BCUT2D eigenvalue weighted by molar-refractivity contribution is 6.30. The monoisotopic (exact) mass is 223 g/mol. The third-order valence-electron chi connectivity index (χ3n) is 3.58. The normalized spacial score (nSPS) is 23.6. The molecule has 0 radical (unpaired) electrons. The zero-order valence-corrected chi connectivity index (χ0v) is 10.1. The number of hydrogen-bond donors (Lipinski definition) is 1. The molecule has 1 nitrogen and oxygen atoms in total. The second-order valence-electron chi connectivity index (χ2n) is 5.09. The summed E-state index contributed by atoms with van der Waals surface area (Å²) in [6, 6.07) is 6.25. The third kappa shape index (κ3) is 1.91. The lowest BCUT2D eigenvalue weighted by Gasteiger charge is -2.36. The lowest BCUT2D eigenvalue weighted by Crippen LogP contribution is -2.29. The summed E-state index contributed by atoms with van der Waals surface area (Å²) in [5, 5.41) is 0.824. The minimum Gasteiger partial charge on any atom is -0.330 e. The Morgan fingerprint density at radius 3 is 2.87 bits per heavy atom. The molecule has 15 heavy (non-hydrogen) atoms. The van der Waals surface area contributed by atoms with Crippen LogP contribution < -0.4 is 5.73 Å². The van der Waals surface area contributed by atoms with Gasteiger partial charge in [-0.25, -0.2) is 0 Å². The van der Waals surface area contributed by atoms with E-state index >= 15 is 0 Å². The molecule has 0 bridgehead atoms. The van der Waals surface area contributed by atoms with Gasteiger partial charge in [0.2, 0.25) is 0 Å². The maximum absolute atomic E-state index is 6.05. The molecule has 1 aliphatic carbocycles. The fourth-order valence-corrected chi connectivity index (χ4v) is 2.74. The SMILES string of the molecule is CC1(C)CCC(CN)c2cc(Cl)ccc21. The van der Waals surface area contributed by atoms with E-state index in [0.717, 1.165) is 11.6 Å². The second kappa shape index (κ2) is 3.80. The first-order valence-corrected chi connectivity index (χ1v) is 5.92. The van der Waals surface area contributed by atoms with Gasteiger partial charge in [-0.2, -0.15) is 0 Å². The highest BCUT2D eigenvalue weighted by Crippen LogP contribution is 2.42. The van der Waals surface area contributed by atoms with Crippen LogP contribution in [0.1, 0.15) is 43.7 Å². The van der Waals surface area contributed by atoms with E-state index in [1.165, 1.54) is 24.0 Å². The first kappa shape index (κ1) is 11.0. The Hall–Kier alpha value is -0.530. The first-order chi connectivity index (χ1) is 7.04. The number of halogens is 1. The Morgan fingerprint density at radius 1 is 1.47 bits per heavy atom. The molecule has 2 N–H and O–H groups in total. The molecule has 1 aliphatic rings. The molecule has 0 saturated heterocycles. The van der Waals surface area contributed by atoms with E-state index in [9.17, 15) is 0 Å². The van der Waals surface area contributed by atoms with Crippen LogP contribution in [0.15, 0.2) is 18.2 Å². The largest absolute Gasteiger partial charge is 0.330 e. The van der Waals surface area contributed by atoms with Gasteiger partial charge in [0.1, 0.15) is 0 Å². The molecule has 2 rings (SSSR count). The third-order valence-corrected chi connectivity index (χ3v) is 3.82. The zero-order chi connectivity index (χ0) is 11.1. The van der Waals surface area contributed by atoms with Gasteiger partial charge >= 0.3 is 0 Å². The van der Waals surface area contributed by atoms with Crippen LogP contribution in [0.4, 0.5) is 0 Å². The van der Waals surface area contributed by atoms with Gasteiger partial charge in [0.05, 0.1) is 0 Å². The Balaban J connectivity index is 2.53. The van der Waals surface area contributed by atoms with Gasteiger partial charge in [-0.15, -0.1) is 0 Å². The standard InChI is InChI=1S/C13H18ClN/c1-13(2)6-5-9(8-15)11-7-10(14)3-4-12(11)13/h3-4,7,9H,5-6,8,15H2,1-2H3. The molecular formula is C13H18ClN. The molecule has 0 aliphatic heterocycles. The van der Waals surface area contributed by atoms with Crippen LogP contribution in [0.25, 0.3) is 0 Å². The maximum atomic E-state index is 6.05. The van der Waals surface area contributed by atoms with Gasteiger partial charge < -0.3 is 5.73 Å². The van der Waals surface area contributed by atoms with Crippen molar-refractivity contribution < 1.29 is 0 Å². The average Bonchev–Trinajstić information content (AvgIpc) is 2.17. The summed E-state index contributed by atoms with van der Waals surface area (Å²) in [5.74, 6) is 0.492. The van der Waals surface area contributed by atoms with Gasteiger partial charge in [-0.05, 0) is 54.0 Å². The van der Waals surface area contributed by atoms with Crippen molar-refractivity contribution in [2.45, 2.75) is 38.0 Å². The summed E-state index contributed by atoms with van der Waals surface area (Å²) in [5.41, 5.74) is 8.87. The van der Waals surface area contributed by atoms with Crippen LogP contribution in [-0.2, 0) is 5.41 Å². The predicted octanol–water partition coefficient (Wildman–Crippen LogP) is 3.45. The zero-order valence-electron chi connectivity index (χ0n) is 9.39. The summed E-state index contributed by atoms with van der Waals surface area (Å²) in [4.78, 5) is 0. The molecule has 1 atom stereocenters. The Bertz CT molecular complexity index is 371. The molecule has 2 heteroatoms. The quantitative estimate of drug-likeness (QED) is 0.776. The van der Waals surface area contributed by atoms with Gasteiger partial charge in [0.15, 0.2) is 0 Å². The molecular weight excluding hydrogens is 206 g/mol. The van der Waals surface area contributed by atoms with Gasteiger partial charge in [-0.3, -0.25) is 0 Å². The summed E-state index contributed by atoms with van der Waals surface area (Å²) in [7, 11) is 0. The van der Waals surface area contributed by atoms with E-state index in [1.54, 1.807) is 0 Å². The highest BCUT2D eigenvalue weighted by atomic mass is 35.5. The molecule has 0 fully saturated rings. The minimum atomic E-state index is 0.269. The molecule has 82 valence electrons. The first-order valence-electron chi connectivity index (χ1n) is 5.54. The van der Waals surface area contributed by atoms with Gasteiger partial charge in [0, 0.05) is 5.02 Å². The van der Waals surface area contributed by atoms with E-state index in [-0.39, 0.29) is 5.41 Å². The van der Waals surface area contributed by atoms with Crippen LogP contribution in [0.3, 0.4) is 0 Å². The van der Waals surface area contributed by atoms with Crippen molar-refractivity contribution in [2.24, 2.45) is 5.73 Å². The number of nitrogens with two attached hydrogens (primary N) is 1. The Morgan fingerprint density at radius 2 is 2.20 bits per heavy atom. The van der Waals surface area contributed by atoms with Crippen LogP contribution in [-0.4, -0.2) is 6.54 Å². The molecule has 1 aromatic rings. The molecule has 0 aromatic heterocycles. The van der Waals surface area contributed by atoms with E-state index < -0.39 is 0 Å². The predicted molar refractivity (Wildman–Crippen MR) is 65.5 cm³/mol. The fourth-order valence-electron chi connectivity index (χ4n) is 2.56. The molecule has 0 spiro atoms. The highest BCUT2D eigenvalue weighted by Gasteiger charge is 2.31. The number of hydrogen-bond acceptors (Lipinski definition) is 1.